The zero-order valence-electron chi connectivity index (χ0n) is 9.76. The van der Waals surface area contributed by atoms with E-state index in [0.717, 1.165) is 11.5 Å². The molecule has 0 aliphatic rings. The van der Waals surface area contributed by atoms with E-state index in [1.54, 1.807) is 0 Å². The van der Waals surface area contributed by atoms with E-state index in [2.05, 4.69) is 44.2 Å². The molecular formula is C11H22N2. The third kappa shape index (κ3) is 3.21. The van der Waals surface area contributed by atoms with Gasteiger partial charge in [0.2, 0.25) is 0 Å². The van der Waals surface area contributed by atoms with E-state index < -0.39 is 0 Å². The molecule has 0 heterocycles. The maximum atomic E-state index is 4.27. The summed E-state index contributed by atoms with van der Waals surface area (Å²) in [5.41, 5.74) is 1.12. The first-order chi connectivity index (χ1) is 5.91. The summed E-state index contributed by atoms with van der Waals surface area (Å²) in [5.74, 6) is 2.02. The highest BCUT2D eigenvalue weighted by Crippen LogP contribution is 2.14. The van der Waals surface area contributed by atoms with Crippen molar-refractivity contribution in [2.24, 2.45) is 16.8 Å². The molecule has 0 rings (SSSR count). The molecule has 0 spiro atoms. The van der Waals surface area contributed by atoms with Crippen LogP contribution in [0.3, 0.4) is 0 Å². The van der Waals surface area contributed by atoms with Crippen LogP contribution >= 0.6 is 0 Å². The van der Waals surface area contributed by atoms with Gasteiger partial charge in [-0.25, -0.2) is 0 Å². The van der Waals surface area contributed by atoms with Gasteiger partial charge in [-0.15, -0.1) is 0 Å². The van der Waals surface area contributed by atoms with Gasteiger partial charge in [0.1, 0.15) is 5.84 Å². The molecule has 0 N–H and O–H groups in total. The molecule has 2 heteroatoms. The Morgan fingerprint density at radius 3 is 1.85 bits per heavy atom. The first-order valence-corrected chi connectivity index (χ1v) is 4.81. The van der Waals surface area contributed by atoms with Gasteiger partial charge in [0.25, 0.3) is 0 Å². The van der Waals surface area contributed by atoms with Crippen LogP contribution in [0.25, 0.3) is 0 Å². The second-order valence-electron chi connectivity index (χ2n) is 3.94. The van der Waals surface area contributed by atoms with Gasteiger partial charge in [-0.1, -0.05) is 34.3 Å². The van der Waals surface area contributed by atoms with Gasteiger partial charge in [-0.05, 0) is 5.92 Å². The molecule has 0 amide bonds. The molecule has 0 unspecified atom stereocenters. The summed E-state index contributed by atoms with van der Waals surface area (Å²) in [4.78, 5) is 6.37. The van der Waals surface area contributed by atoms with Crippen molar-refractivity contribution < 1.29 is 0 Å². The molecule has 0 fully saturated rings. The lowest BCUT2D eigenvalue weighted by atomic mass is 10.1. The Bertz CT molecular complexity index is 202. The molecule has 2 nitrogen and oxygen atoms in total. The van der Waals surface area contributed by atoms with E-state index >= 15 is 0 Å². The van der Waals surface area contributed by atoms with E-state index in [1.165, 1.54) is 0 Å². The van der Waals surface area contributed by atoms with Crippen LogP contribution in [0.15, 0.2) is 17.3 Å². The van der Waals surface area contributed by atoms with Crippen LogP contribution in [-0.2, 0) is 0 Å². The van der Waals surface area contributed by atoms with Crippen molar-refractivity contribution in [1.82, 2.24) is 4.90 Å². The molecule has 0 aliphatic carbocycles. The average Bonchev–Trinajstić information content (AvgIpc) is 2.03. The smallest absolute Gasteiger partial charge is 0.105 e. The minimum Gasteiger partial charge on any atom is -0.337 e. The van der Waals surface area contributed by atoms with Gasteiger partial charge >= 0.3 is 0 Å². The Morgan fingerprint density at radius 2 is 1.62 bits per heavy atom. The highest BCUT2D eigenvalue weighted by Gasteiger charge is 2.14. The molecule has 0 bridgehead atoms. The van der Waals surface area contributed by atoms with Gasteiger partial charge in [0, 0.05) is 25.7 Å². The molecule has 13 heavy (non-hydrogen) atoms. The van der Waals surface area contributed by atoms with E-state index in [4.69, 9.17) is 0 Å². The lowest BCUT2D eigenvalue weighted by Crippen LogP contribution is -2.31. The fourth-order valence-corrected chi connectivity index (χ4v) is 1.33. The second kappa shape index (κ2) is 5.05. The van der Waals surface area contributed by atoms with Gasteiger partial charge in [-0.2, -0.15) is 0 Å². The van der Waals surface area contributed by atoms with E-state index in [0.29, 0.717) is 11.8 Å². The molecule has 0 saturated carbocycles. The monoisotopic (exact) mass is 182 g/mol. The number of amidine groups is 1. The number of aliphatic imine (C=N–C) groups is 1. The molecule has 0 atom stereocenters. The summed E-state index contributed by atoms with van der Waals surface area (Å²) in [6, 6.07) is 0. The van der Waals surface area contributed by atoms with Crippen molar-refractivity contribution >= 4 is 5.84 Å². The van der Waals surface area contributed by atoms with Gasteiger partial charge < -0.3 is 4.90 Å². The zero-order valence-corrected chi connectivity index (χ0v) is 9.76. The summed E-state index contributed by atoms with van der Waals surface area (Å²) in [6.07, 6.45) is 0. The van der Waals surface area contributed by atoms with E-state index in [-0.39, 0.29) is 0 Å². The van der Waals surface area contributed by atoms with Gasteiger partial charge in [-0.3, -0.25) is 4.99 Å². The molecule has 0 aromatic heterocycles. The van der Waals surface area contributed by atoms with Crippen molar-refractivity contribution in [1.29, 1.82) is 0 Å². The highest BCUT2D eigenvalue weighted by atomic mass is 15.2. The minimum atomic E-state index is 0.450. The molecule has 0 aromatic rings. The average molecular weight is 182 g/mol. The number of nitrogens with zero attached hydrogens (tertiary/aromatic N) is 2. The summed E-state index contributed by atoms with van der Waals surface area (Å²) < 4.78 is 0. The predicted molar refractivity (Wildman–Crippen MR) is 59.9 cm³/mol. The summed E-state index contributed by atoms with van der Waals surface area (Å²) >= 11 is 0. The van der Waals surface area contributed by atoms with Crippen LogP contribution in [0.2, 0.25) is 0 Å². The maximum absolute atomic E-state index is 4.27. The molecular weight excluding hydrogens is 160 g/mol. The largest absolute Gasteiger partial charge is 0.337 e. The predicted octanol–water partition coefficient (Wildman–Crippen LogP) is 2.77. The van der Waals surface area contributed by atoms with Crippen molar-refractivity contribution in [3.8, 4) is 0 Å². The SMILES string of the molecule is C=C(C(C)C)N(C)C(=NC)C(C)C. The first-order valence-electron chi connectivity index (χ1n) is 4.81. The van der Waals surface area contributed by atoms with Crippen molar-refractivity contribution in [2.45, 2.75) is 27.7 Å². The number of hydrogen-bond donors (Lipinski definition) is 0. The number of hydrogen-bond acceptors (Lipinski definition) is 1. The summed E-state index contributed by atoms with van der Waals surface area (Å²) in [5, 5.41) is 0. The van der Waals surface area contributed by atoms with Crippen LogP contribution < -0.4 is 0 Å². The quantitative estimate of drug-likeness (QED) is 0.484. The van der Waals surface area contributed by atoms with Crippen molar-refractivity contribution in [3.05, 3.63) is 12.3 Å². The van der Waals surface area contributed by atoms with Crippen LogP contribution in [0.1, 0.15) is 27.7 Å². The van der Waals surface area contributed by atoms with E-state index in [1.807, 2.05) is 14.1 Å². The van der Waals surface area contributed by atoms with E-state index in [9.17, 15) is 0 Å². The topological polar surface area (TPSA) is 15.6 Å². The third-order valence-electron chi connectivity index (χ3n) is 2.19. The van der Waals surface area contributed by atoms with Crippen molar-refractivity contribution in [3.63, 3.8) is 0 Å². The molecule has 0 aromatic carbocycles. The Hall–Kier alpha value is -0.790. The molecule has 0 aliphatic heterocycles. The normalized spacial score (nSPS) is 12.5. The van der Waals surface area contributed by atoms with Crippen LogP contribution in [-0.4, -0.2) is 24.8 Å². The maximum Gasteiger partial charge on any atom is 0.105 e. The lowest BCUT2D eigenvalue weighted by molar-refractivity contribution is 0.505. The lowest BCUT2D eigenvalue weighted by Gasteiger charge is -2.27. The Labute approximate surface area is 82.4 Å². The van der Waals surface area contributed by atoms with Crippen LogP contribution in [0.5, 0.6) is 0 Å². The molecule has 76 valence electrons. The number of rotatable bonds is 3. The molecule has 0 radical (unpaired) electrons. The fourth-order valence-electron chi connectivity index (χ4n) is 1.33. The van der Waals surface area contributed by atoms with Crippen LogP contribution in [0, 0.1) is 11.8 Å². The van der Waals surface area contributed by atoms with Crippen LogP contribution in [0.4, 0.5) is 0 Å². The summed E-state index contributed by atoms with van der Waals surface area (Å²) in [6.45, 7) is 12.6. The minimum absolute atomic E-state index is 0.450. The Morgan fingerprint density at radius 1 is 1.15 bits per heavy atom. The molecule has 0 saturated heterocycles. The van der Waals surface area contributed by atoms with Crippen molar-refractivity contribution in [2.75, 3.05) is 14.1 Å². The van der Waals surface area contributed by atoms with Gasteiger partial charge in [0.15, 0.2) is 0 Å². The third-order valence-corrected chi connectivity index (χ3v) is 2.19. The zero-order chi connectivity index (χ0) is 10.6. The van der Waals surface area contributed by atoms with Gasteiger partial charge in [0.05, 0.1) is 0 Å². The highest BCUT2D eigenvalue weighted by molar-refractivity contribution is 5.85. The second-order valence-corrected chi connectivity index (χ2v) is 3.94. The standard InChI is InChI=1S/C11H22N2/c1-8(2)10(5)13(7)11(12-6)9(3)4/h8-9H,5H2,1-4,6-7H3. The Balaban J connectivity index is 4.57. The first kappa shape index (κ1) is 12.2. The fraction of sp³-hybridized carbons (Fsp3) is 0.727. The number of allylic oxidation sites excluding steroid dienone is 1. The summed E-state index contributed by atoms with van der Waals surface area (Å²) in [7, 11) is 3.87. The Kier molecular flexibility index (Phi) is 4.74.